The van der Waals surface area contributed by atoms with Gasteiger partial charge in [-0.2, -0.15) is 0 Å². The monoisotopic (exact) mass is 228 g/mol. The molecule has 1 rings (SSSR count). The van der Waals surface area contributed by atoms with Crippen LogP contribution in [0.25, 0.3) is 0 Å². The van der Waals surface area contributed by atoms with Crippen molar-refractivity contribution in [3.05, 3.63) is 24.3 Å². The van der Waals surface area contributed by atoms with Gasteiger partial charge in [0.15, 0.2) is 0 Å². The van der Waals surface area contributed by atoms with E-state index >= 15 is 0 Å². The number of carbonyl (C=O) groups is 1. The Morgan fingerprint density at radius 3 is 2.33 bits per heavy atom. The van der Waals surface area contributed by atoms with E-state index in [4.69, 9.17) is 10.2 Å². The second-order valence-electron chi connectivity index (χ2n) is 3.03. The molecule has 0 aliphatic heterocycles. The highest BCUT2D eigenvalue weighted by Crippen LogP contribution is 2.17. The summed E-state index contributed by atoms with van der Waals surface area (Å²) < 4.78 is 11.8. The largest absolute Gasteiger partial charge is 0.508 e. The highest BCUT2D eigenvalue weighted by atomic mass is 32.2. The SMILES string of the molecule is CCC(C(=O)O)S(=O)c1ccc(O)cc1. The first-order chi connectivity index (χ1) is 7.06. The topological polar surface area (TPSA) is 74.6 Å². The quantitative estimate of drug-likeness (QED) is 0.816. The predicted molar refractivity (Wildman–Crippen MR) is 56.2 cm³/mol. The zero-order valence-corrected chi connectivity index (χ0v) is 9.03. The molecule has 2 N–H and O–H groups in total. The lowest BCUT2D eigenvalue weighted by molar-refractivity contribution is -0.136. The Balaban J connectivity index is 2.93. The lowest BCUT2D eigenvalue weighted by Gasteiger charge is -2.09. The number of hydrogen-bond donors (Lipinski definition) is 2. The van der Waals surface area contributed by atoms with Crippen molar-refractivity contribution in [3.8, 4) is 5.75 Å². The predicted octanol–water partition coefficient (Wildman–Crippen LogP) is 1.36. The van der Waals surface area contributed by atoms with E-state index in [9.17, 15) is 9.00 Å². The van der Waals surface area contributed by atoms with Crippen LogP contribution in [0.1, 0.15) is 13.3 Å². The van der Waals surface area contributed by atoms with Gasteiger partial charge in [0.25, 0.3) is 0 Å². The summed E-state index contributed by atoms with van der Waals surface area (Å²) in [5, 5.41) is 17.0. The molecule has 15 heavy (non-hydrogen) atoms. The summed E-state index contributed by atoms with van der Waals surface area (Å²) >= 11 is 0. The minimum atomic E-state index is -1.57. The number of aliphatic carboxylic acids is 1. The van der Waals surface area contributed by atoms with Crippen LogP contribution in [-0.2, 0) is 15.6 Å². The van der Waals surface area contributed by atoms with Gasteiger partial charge < -0.3 is 10.2 Å². The van der Waals surface area contributed by atoms with Crippen LogP contribution in [-0.4, -0.2) is 25.6 Å². The standard InChI is InChI=1S/C10H12O4S/c1-2-9(10(12)13)15(14)8-5-3-7(11)4-6-8/h3-6,9,11H,2H2,1H3,(H,12,13). The Morgan fingerprint density at radius 1 is 1.40 bits per heavy atom. The maximum Gasteiger partial charge on any atom is 0.319 e. The van der Waals surface area contributed by atoms with Crippen molar-refractivity contribution < 1.29 is 19.2 Å². The average molecular weight is 228 g/mol. The van der Waals surface area contributed by atoms with Crippen molar-refractivity contribution in [1.29, 1.82) is 0 Å². The Bertz CT molecular complexity index is 372. The third-order valence-electron chi connectivity index (χ3n) is 1.97. The minimum absolute atomic E-state index is 0.0686. The van der Waals surface area contributed by atoms with Crippen LogP contribution >= 0.6 is 0 Å². The van der Waals surface area contributed by atoms with E-state index in [1.165, 1.54) is 24.3 Å². The molecule has 0 aromatic heterocycles. The number of carboxylic acid groups (broad SMARTS) is 1. The Morgan fingerprint density at radius 2 is 1.93 bits per heavy atom. The fourth-order valence-corrected chi connectivity index (χ4v) is 2.38. The van der Waals surface area contributed by atoms with E-state index in [-0.39, 0.29) is 5.75 Å². The Labute approximate surface area is 90.0 Å². The third-order valence-corrected chi connectivity index (χ3v) is 3.76. The summed E-state index contributed by atoms with van der Waals surface area (Å²) in [5.41, 5.74) is 0. The fraction of sp³-hybridized carbons (Fsp3) is 0.300. The number of phenols is 1. The number of carboxylic acids is 1. The molecule has 0 saturated carbocycles. The van der Waals surface area contributed by atoms with Crippen LogP contribution in [0.3, 0.4) is 0 Å². The van der Waals surface area contributed by atoms with Crippen molar-refractivity contribution in [2.24, 2.45) is 0 Å². The molecule has 5 heteroatoms. The molecule has 0 saturated heterocycles. The summed E-state index contributed by atoms with van der Waals surface area (Å²) in [6.07, 6.45) is 0.308. The van der Waals surface area contributed by atoms with Crippen molar-refractivity contribution in [1.82, 2.24) is 0 Å². The van der Waals surface area contributed by atoms with Crippen LogP contribution in [0.4, 0.5) is 0 Å². The van der Waals surface area contributed by atoms with Crippen LogP contribution in [0.15, 0.2) is 29.2 Å². The van der Waals surface area contributed by atoms with Crippen LogP contribution in [0.5, 0.6) is 5.75 Å². The molecule has 1 aromatic carbocycles. The first-order valence-electron chi connectivity index (χ1n) is 4.48. The fourth-order valence-electron chi connectivity index (χ4n) is 1.16. The maximum absolute atomic E-state index is 11.8. The Kier molecular flexibility index (Phi) is 3.85. The molecule has 2 atom stereocenters. The normalized spacial score (nSPS) is 14.5. The van der Waals surface area contributed by atoms with Gasteiger partial charge >= 0.3 is 5.97 Å². The van der Waals surface area contributed by atoms with Gasteiger partial charge in [-0.15, -0.1) is 0 Å². The molecule has 0 fully saturated rings. The van der Waals surface area contributed by atoms with Gasteiger partial charge in [0.2, 0.25) is 0 Å². The van der Waals surface area contributed by atoms with Gasteiger partial charge in [0, 0.05) is 4.90 Å². The molecular weight excluding hydrogens is 216 g/mol. The smallest absolute Gasteiger partial charge is 0.319 e. The molecule has 0 aliphatic rings. The van der Waals surface area contributed by atoms with Gasteiger partial charge in [-0.05, 0) is 30.7 Å². The van der Waals surface area contributed by atoms with Gasteiger partial charge in [-0.25, -0.2) is 0 Å². The highest BCUT2D eigenvalue weighted by Gasteiger charge is 2.23. The zero-order chi connectivity index (χ0) is 11.4. The number of hydrogen-bond acceptors (Lipinski definition) is 3. The Hall–Kier alpha value is -1.36. The van der Waals surface area contributed by atoms with Crippen LogP contribution in [0.2, 0.25) is 0 Å². The summed E-state index contributed by atoms with van der Waals surface area (Å²) in [7, 11) is -1.57. The molecule has 4 nitrogen and oxygen atoms in total. The molecular formula is C10H12O4S. The summed E-state index contributed by atoms with van der Waals surface area (Å²) in [6, 6.07) is 5.72. The van der Waals surface area contributed by atoms with Crippen molar-refractivity contribution in [3.63, 3.8) is 0 Å². The lowest BCUT2D eigenvalue weighted by atomic mass is 10.3. The summed E-state index contributed by atoms with van der Waals surface area (Å²) in [5.74, 6) is -0.997. The lowest BCUT2D eigenvalue weighted by Crippen LogP contribution is -2.24. The summed E-state index contributed by atoms with van der Waals surface area (Å²) in [6.45, 7) is 1.68. The molecule has 0 radical (unpaired) electrons. The molecule has 82 valence electrons. The number of rotatable bonds is 4. The van der Waals surface area contributed by atoms with E-state index in [1.54, 1.807) is 6.92 Å². The van der Waals surface area contributed by atoms with Gasteiger partial charge in [0.1, 0.15) is 11.0 Å². The first-order valence-corrected chi connectivity index (χ1v) is 5.70. The number of phenolic OH excluding ortho intramolecular Hbond substituents is 1. The van der Waals surface area contributed by atoms with E-state index in [0.717, 1.165) is 0 Å². The minimum Gasteiger partial charge on any atom is -0.508 e. The number of benzene rings is 1. The summed E-state index contributed by atoms with van der Waals surface area (Å²) in [4.78, 5) is 11.2. The zero-order valence-electron chi connectivity index (χ0n) is 8.21. The molecule has 0 aliphatic carbocycles. The van der Waals surface area contributed by atoms with Gasteiger partial charge in [-0.1, -0.05) is 6.92 Å². The molecule has 1 aromatic rings. The van der Waals surface area contributed by atoms with E-state index in [0.29, 0.717) is 11.3 Å². The average Bonchev–Trinajstić information content (AvgIpc) is 2.19. The second-order valence-corrected chi connectivity index (χ2v) is 4.66. The van der Waals surface area contributed by atoms with E-state index < -0.39 is 22.0 Å². The second kappa shape index (κ2) is 4.93. The van der Waals surface area contributed by atoms with E-state index in [1.807, 2.05) is 0 Å². The van der Waals surface area contributed by atoms with Gasteiger partial charge in [-0.3, -0.25) is 9.00 Å². The van der Waals surface area contributed by atoms with Gasteiger partial charge in [0.05, 0.1) is 10.8 Å². The first kappa shape index (κ1) is 11.7. The molecule has 2 unspecified atom stereocenters. The van der Waals surface area contributed by atoms with Crippen LogP contribution in [0, 0.1) is 0 Å². The number of aromatic hydroxyl groups is 1. The third kappa shape index (κ3) is 2.79. The maximum atomic E-state index is 11.8. The molecule has 0 amide bonds. The van der Waals surface area contributed by atoms with Crippen LogP contribution < -0.4 is 0 Å². The highest BCUT2D eigenvalue weighted by molar-refractivity contribution is 7.86. The van der Waals surface area contributed by atoms with Crippen molar-refractivity contribution >= 4 is 16.8 Å². The van der Waals surface area contributed by atoms with E-state index in [2.05, 4.69) is 0 Å². The van der Waals surface area contributed by atoms with Crippen molar-refractivity contribution in [2.75, 3.05) is 0 Å². The molecule has 0 bridgehead atoms. The molecule has 0 heterocycles. The molecule has 0 spiro atoms. The van der Waals surface area contributed by atoms with Crippen molar-refractivity contribution in [2.45, 2.75) is 23.5 Å².